The van der Waals surface area contributed by atoms with E-state index in [9.17, 15) is 8.42 Å². The van der Waals surface area contributed by atoms with Gasteiger partial charge in [-0.05, 0) is 44.5 Å². The number of hydrogen-bond donors (Lipinski definition) is 2. The molecular weight excluding hydrogens is 260 g/mol. The van der Waals surface area contributed by atoms with E-state index in [1.807, 2.05) is 26.8 Å². The van der Waals surface area contributed by atoms with Crippen LogP contribution in [0.15, 0.2) is 29.2 Å². The molecule has 1 rings (SSSR count). The maximum Gasteiger partial charge on any atom is 0.240 e. The molecule has 19 heavy (non-hydrogen) atoms. The Bertz CT molecular complexity index is 498. The maximum atomic E-state index is 12.1. The van der Waals surface area contributed by atoms with E-state index in [1.165, 1.54) is 0 Å². The highest BCUT2D eigenvalue weighted by Crippen LogP contribution is 2.20. The predicted octanol–water partition coefficient (Wildman–Crippen LogP) is 2.43. The monoisotopic (exact) mass is 284 g/mol. The van der Waals surface area contributed by atoms with Gasteiger partial charge < -0.3 is 5.32 Å². The minimum Gasteiger partial charge on any atom is -0.310 e. The van der Waals surface area contributed by atoms with Gasteiger partial charge in [-0.2, -0.15) is 0 Å². The molecule has 1 aromatic carbocycles. The first-order chi connectivity index (χ1) is 8.90. The summed E-state index contributed by atoms with van der Waals surface area (Å²) in [6, 6.07) is 7.23. The number of rotatable bonds is 7. The third-order valence-electron chi connectivity index (χ3n) is 2.82. The summed E-state index contributed by atoms with van der Waals surface area (Å²) in [6.45, 7) is 8.62. The van der Waals surface area contributed by atoms with Gasteiger partial charge in [0.15, 0.2) is 0 Å². The Morgan fingerprint density at radius 2 is 1.89 bits per heavy atom. The number of sulfonamides is 1. The van der Waals surface area contributed by atoms with E-state index < -0.39 is 10.0 Å². The molecule has 2 N–H and O–H groups in total. The molecule has 0 saturated carbocycles. The van der Waals surface area contributed by atoms with E-state index in [-0.39, 0.29) is 12.1 Å². The molecule has 0 saturated heterocycles. The first-order valence-electron chi connectivity index (χ1n) is 6.76. The molecule has 4 nitrogen and oxygen atoms in total. The van der Waals surface area contributed by atoms with Gasteiger partial charge in [0.2, 0.25) is 10.0 Å². The lowest BCUT2D eigenvalue weighted by Gasteiger charge is -2.17. The van der Waals surface area contributed by atoms with Crippen LogP contribution in [0.5, 0.6) is 0 Å². The third kappa shape index (κ3) is 4.60. The standard InChI is InChI=1S/C14H24N2O2S/c1-5-14(15-6-2)12-8-7-9-13(10-12)19(17,18)16-11(3)4/h7-11,14-16H,5-6H2,1-4H3. The van der Waals surface area contributed by atoms with E-state index in [1.54, 1.807) is 18.2 Å². The fourth-order valence-electron chi connectivity index (χ4n) is 2.02. The zero-order valence-corrected chi connectivity index (χ0v) is 12.9. The molecule has 0 amide bonds. The molecule has 0 bridgehead atoms. The molecule has 5 heteroatoms. The second kappa shape index (κ2) is 7.03. The van der Waals surface area contributed by atoms with Gasteiger partial charge in [-0.25, -0.2) is 13.1 Å². The second-order valence-corrected chi connectivity index (χ2v) is 6.58. The molecule has 0 aliphatic rings. The summed E-state index contributed by atoms with van der Waals surface area (Å²) in [5, 5.41) is 3.35. The Balaban J connectivity index is 3.06. The predicted molar refractivity (Wildman–Crippen MR) is 78.6 cm³/mol. The Labute approximate surface area is 116 Å². The molecule has 0 aliphatic heterocycles. The number of nitrogens with one attached hydrogen (secondary N) is 2. The van der Waals surface area contributed by atoms with Crippen molar-refractivity contribution in [1.29, 1.82) is 0 Å². The lowest BCUT2D eigenvalue weighted by Crippen LogP contribution is -2.30. The quantitative estimate of drug-likeness (QED) is 0.808. The Kier molecular flexibility index (Phi) is 5.97. The highest BCUT2D eigenvalue weighted by atomic mass is 32.2. The van der Waals surface area contributed by atoms with Crippen LogP contribution in [0.2, 0.25) is 0 Å². The van der Waals surface area contributed by atoms with Gasteiger partial charge in [0.25, 0.3) is 0 Å². The molecule has 0 aliphatic carbocycles. The van der Waals surface area contributed by atoms with Crippen LogP contribution in [0.4, 0.5) is 0 Å². The van der Waals surface area contributed by atoms with Crippen LogP contribution in [0.25, 0.3) is 0 Å². The van der Waals surface area contributed by atoms with Crippen LogP contribution in [0.3, 0.4) is 0 Å². The summed E-state index contributed by atoms with van der Waals surface area (Å²) in [5.41, 5.74) is 1.01. The van der Waals surface area contributed by atoms with Crippen molar-refractivity contribution in [1.82, 2.24) is 10.0 Å². The molecule has 0 fully saturated rings. The van der Waals surface area contributed by atoms with Crippen molar-refractivity contribution in [3.63, 3.8) is 0 Å². The minimum atomic E-state index is -3.42. The van der Waals surface area contributed by atoms with Gasteiger partial charge in [0.1, 0.15) is 0 Å². The average Bonchev–Trinajstić information content (AvgIpc) is 2.34. The summed E-state index contributed by atoms with van der Waals surface area (Å²) in [7, 11) is -3.42. The SMILES string of the molecule is CCNC(CC)c1cccc(S(=O)(=O)NC(C)C)c1. The van der Waals surface area contributed by atoms with Crippen molar-refractivity contribution < 1.29 is 8.42 Å². The molecule has 0 aromatic heterocycles. The summed E-state index contributed by atoms with van der Waals surface area (Å²) in [4.78, 5) is 0.329. The Hall–Kier alpha value is -0.910. The number of benzene rings is 1. The molecule has 108 valence electrons. The van der Waals surface area contributed by atoms with Crippen molar-refractivity contribution in [2.75, 3.05) is 6.54 Å². The summed E-state index contributed by atoms with van der Waals surface area (Å²) in [5.74, 6) is 0. The van der Waals surface area contributed by atoms with Crippen molar-refractivity contribution in [3.8, 4) is 0 Å². The topological polar surface area (TPSA) is 58.2 Å². The lowest BCUT2D eigenvalue weighted by atomic mass is 10.0. The van der Waals surface area contributed by atoms with Crippen molar-refractivity contribution >= 4 is 10.0 Å². The third-order valence-corrected chi connectivity index (χ3v) is 4.48. The van der Waals surface area contributed by atoms with Crippen LogP contribution in [0.1, 0.15) is 45.7 Å². The molecule has 1 aromatic rings. The van der Waals surface area contributed by atoms with Crippen molar-refractivity contribution in [2.45, 2.75) is 51.1 Å². The zero-order valence-electron chi connectivity index (χ0n) is 12.1. The van der Waals surface area contributed by atoms with Gasteiger partial charge in [0, 0.05) is 12.1 Å². The highest BCUT2D eigenvalue weighted by molar-refractivity contribution is 7.89. The summed E-state index contributed by atoms with van der Waals surface area (Å²) >= 11 is 0. The molecule has 1 atom stereocenters. The van der Waals surface area contributed by atoms with Crippen molar-refractivity contribution in [2.24, 2.45) is 0 Å². The van der Waals surface area contributed by atoms with Gasteiger partial charge in [-0.15, -0.1) is 0 Å². The fourth-order valence-corrected chi connectivity index (χ4v) is 3.33. The van der Waals surface area contributed by atoms with Crippen LogP contribution in [-0.4, -0.2) is 21.0 Å². The average molecular weight is 284 g/mol. The van der Waals surface area contributed by atoms with Gasteiger partial charge in [-0.3, -0.25) is 0 Å². The van der Waals surface area contributed by atoms with Gasteiger partial charge in [-0.1, -0.05) is 26.0 Å². The first kappa shape index (κ1) is 16.1. The Morgan fingerprint density at radius 3 is 2.42 bits per heavy atom. The summed E-state index contributed by atoms with van der Waals surface area (Å²) in [6.07, 6.45) is 0.926. The summed E-state index contributed by atoms with van der Waals surface area (Å²) < 4.78 is 26.9. The zero-order chi connectivity index (χ0) is 14.5. The second-order valence-electron chi connectivity index (χ2n) is 4.87. The normalized spacial score (nSPS) is 13.7. The van der Waals surface area contributed by atoms with Crippen LogP contribution >= 0.6 is 0 Å². The molecule has 1 unspecified atom stereocenters. The molecule has 0 radical (unpaired) electrons. The lowest BCUT2D eigenvalue weighted by molar-refractivity contribution is 0.535. The molecule has 0 heterocycles. The van der Waals surface area contributed by atoms with Crippen LogP contribution in [0, 0.1) is 0 Å². The van der Waals surface area contributed by atoms with Crippen molar-refractivity contribution in [3.05, 3.63) is 29.8 Å². The van der Waals surface area contributed by atoms with Gasteiger partial charge in [0.05, 0.1) is 4.90 Å². The van der Waals surface area contributed by atoms with E-state index in [0.29, 0.717) is 4.90 Å². The van der Waals surface area contributed by atoms with Crippen LogP contribution in [-0.2, 0) is 10.0 Å². The van der Waals surface area contributed by atoms with E-state index in [0.717, 1.165) is 18.5 Å². The van der Waals surface area contributed by atoms with Crippen LogP contribution < -0.4 is 10.0 Å². The smallest absolute Gasteiger partial charge is 0.240 e. The maximum absolute atomic E-state index is 12.1. The first-order valence-corrected chi connectivity index (χ1v) is 8.24. The van der Waals surface area contributed by atoms with E-state index in [4.69, 9.17) is 0 Å². The van der Waals surface area contributed by atoms with E-state index >= 15 is 0 Å². The molecule has 0 spiro atoms. The Morgan fingerprint density at radius 1 is 1.21 bits per heavy atom. The minimum absolute atomic E-state index is 0.107. The molecular formula is C14H24N2O2S. The van der Waals surface area contributed by atoms with E-state index in [2.05, 4.69) is 17.0 Å². The fraction of sp³-hybridized carbons (Fsp3) is 0.571. The number of hydrogen-bond acceptors (Lipinski definition) is 3. The highest BCUT2D eigenvalue weighted by Gasteiger charge is 2.17. The largest absolute Gasteiger partial charge is 0.310 e. The van der Waals surface area contributed by atoms with Gasteiger partial charge >= 0.3 is 0 Å².